The molecule has 9 heteroatoms. The highest BCUT2D eigenvalue weighted by molar-refractivity contribution is 5.20. The molecule has 0 aromatic heterocycles. The third-order valence-electron chi connectivity index (χ3n) is 1.08. The Morgan fingerprint density at radius 3 is 1.29 bits per heavy atom. The van der Waals surface area contributed by atoms with E-state index in [0.29, 0.717) is 0 Å². The molecule has 0 atom stereocenters. The highest BCUT2D eigenvalue weighted by atomic mass is 19.4. The van der Waals surface area contributed by atoms with Crippen LogP contribution in [0.15, 0.2) is 11.7 Å². The fourth-order valence-corrected chi connectivity index (χ4v) is 0.531. The fourth-order valence-electron chi connectivity index (χ4n) is 0.531. The van der Waals surface area contributed by atoms with Crippen LogP contribution in [0.2, 0.25) is 0 Å². The lowest BCUT2D eigenvalue weighted by atomic mass is 10.1. The van der Waals surface area contributed by atoms with E-state index in [-0.39, 0.29) is 0 Å². The van der Waals surface area contributed by atoms with E-state index < -0.39 is 30.2 Å². The van der Waals surface area contributed by atoms with Crippen LogP contribution in [0.4, 0.5) is 39.5 Å². The molecule has 0 radical (unpaired) electrons. The number of hydrogen-bond donors (Lipinski definition) is 0. The van der Waals surface area contributed by atoms with Crippen molar-refractivity contribution in [1.82, 2.24) is 0 Å². The SMILES string of the molecule is FC(F)=C(C(F)(F)F)C(F)(F)C(F)F. The summed E-state index contributed by atoms with van der Waals surface area (Å²) in [7, 11) is 0. The number of allylic oxidation sites excluding steroid dienone is 1. The van der Waals surface area contributed by atoms with Crippen LogP contribution in [0, 0.1) is 0 Å². The predicted molar refractivity (Wildman–Crippen MR) is 26.2 cm³/mol. The van der Waals surface area contributed by atoms with Crippen LogP contribution in [-0.2, 0) is 0 Å². The number of rotatable bonds is 2. The molecule has 0 bridgehead atoms. The topological polar surface area (TPSA) is 0 Å². The molecule has 0 saturated carbocycles. The highest BCUT2D eigenvalue weighted by Gasteiger charge is 2.59. The van der Waals surface area contributed by atoms with E-state index >= 15 is 0 Å². The zero-order valence-corrected chi connectivity index (χ0v) is 5.98. The molecule has 0 spiro atoms. The van der Waals surface area contributed by atoms with E-state index in [9.17, 15) is 39.5 Å². The minimum atomic E-state index is -6.20. The standard InChI is InChI=1S/C5HF9/c6-2(7)1(5(12,13)14)4(10,11)3(8)9/h3H. The Bertz CT molecular complexity index is 230. The average Bonchev–Trinajstić information content (AvgIpc) is 1.79. The van der Waals surface area contributed by atoms with E-state index in [1.54, 1.807) is 0 Å². The molecule has 0 rings (SSSR count). The van der Waals surface area contributed by atoms with Gasteiger partial charge in [-0.05, 0) is 0 Å². The average molecular weight is 232 g/mol. The Kier molecular flexibility index (Phi) is 3.46. The van der Waals surface area contributed by atoms with Crippen LogP contribution in [0.1, 0.15) is 0 Å². The van der Waals surface area contributed by atoms with Crippen molar-refractivity contribution in [3.8, 4) is 0 Å². The summed E-state index contributed by atoms with van der Waals surface area (Å²) >= 11 is 0. The maximum atomic E-state index is 11.9. The zero-order valence-electron chi connectivity index (χ0n) is 5.98. The predicted octanol–water partition coefficient (Wildman–Crippen LogP) is 3.60. The van der Waals surface area contributed by atoms with Crippen LogP contribution in [0.3, 0.4) is 0 Å². The Labute approximate surface area is 71.0 Å². The van der Waals surface area contributed by atoms with E-state index in [1.165, 1.54) is 0 Å². The third-order valence-corrected chi connectivity index (χ3v) is 1.08. The summed E-state index contributed by atoms with van der Waals surface area (Å²) in [6.07, 6.45) is -14.9. The molecule has 0 aromatic carbocycles. The van der Waals surface area contributed by atoms with Crippen LogP contribution in [0.25, 0.3) is 0 Å². The largest absolute Gasteiger partial charge is 0.423 e. The molecular formula is C5HF9. The quantitative estimate of drug-likeness (QED) is 0.638. The van der Waals surface area contributed by atoms with Crippen molar-refractivity contribution in [1.29, 1.82) is 0 Å². The molecule has 84 valence electrons. The molecule has 0 fully saturated rings. The van der Waals surface area contributed by atoms with Gasteiger partial charge >= 0.3 is 18.5 Å². The lowest BCUT2D eigenvalue weighted by Gasteiger charge is -2.19. The smallest absolute Gasteiger partial charge is 0.203 e. The van der Waals surface area contributed by atoms with Gasteiger partial charge in [0.1, 0.15) is 0 Å². The summed E-state index contributed by atoms with van der Waals surface area (Å²) < 4.78 is 104. The molecule has 0 amide bonds. The summed E-state index contributed by atoms with van der Waals surface area (Å²) in [4.78, 5) is 0. The van der Waals surface area contributed by atoms with Crippen LogP contribution < -0.4 is 0 Å². The van der Waals surface area contributed by atoms with Crippen molar-refractivity contribution in [2.75, 3.05) is 0 Å². The van der Waals surface area contributed by atoms with Gasteiger partial charge in [-0.3, -0.25) is 0 Å². The monoisotopic (exact) mass is 232 g/mol. The second-order valence-corrected chi connectivity index (χ2v) is 2.06. The number of halogens is 9. The van der Waals surface area contributed by atoms with Gasteiger partial charge in [0.2, 0.25) is 0 Å². The second-order valence-electron chi connectivity index (χ2n) is 2.06. The van der Waals surface area contributed by atoms with Crippen molar-refractivity contribution in [2.24, 2.45) is 0 Å². The molecule has 14 heavy (non-hydrogen) atoms. The number of alkyl halides is 7. The Morgan fingerprint density at radius 1 is 0.857 bits per heavy atom. The summed E-state index contributed by atoms with van der Waals surface area (Å²) in [6, 6.07) is 0. The minimum absolute atomic E-state index is 3.81. The molecule has 0 aliphatic rings. The molecule has 0 N–H and O–H groups in total. The molecule has 0 aliphatic heterocycles. The zero-order chi connectivity index (χ0) is 11.7. The lowest BCUT2D eigenvalue weighted by Crippen LogP contribution is -2.37. The summed E-state index contributed by atoms with van der Waals surface area (Å²) in [6.45, 7) is 0. The maximum Gasteiger partial charge on any atom is 0.423 e. The summed E-state index contributed by atoms with van der Waals surface area (Å²) in [5, 5.41) is 0. The van der Waals surface area contributed by atoms with E-state index in [1.807, 2.05) is 0 Å². The van der Waals surface area contributed by atoms with Gasteiger partial charge in [0.15, 0.2) is 5.57 Å². The molecule has 0 heterocycles. The molecule has 0 aromatic rings. The van der Waals surface area contributed by atoms with Gasteiger partial charge in [0.25, 0.3) is 6.08 Å². The van der Waals surface area contributed by atoms with Gasteiger partial charge < -0.3 is 0 Å². The van der Waals surface area contributed by atoms with E-state index in [2.05, 4.69) is 0 Å². The molecule has 0 aliphatic carbocycles. The van der Waals surface area contributed by atoms with Gasteiger partial charge in [-0.2, -0.15) is 30.7 Å². The summed E-state index contributed by atoms with van der Waals surface area (Å²) in [5.41, 5.74) is -3.81. The lowest BCUT2D eigenvalue weighted by molar-refractivity contribution is -0.171. The van der Waals surface area contributed by atoms with Gasteiger partial charge in [-0.15, -0.1) is 0 Å². The van der Waals surface area contributed by atoms with Crippen LogP contribution in [0.5, 0.6) is 0 Å². The third kappa shape index (κ3) is 2.55. The van der Waals surface area contributed by atoms with Gasteiger partial charge in [-0.25, -0.2) is 8.78 Å². The van der Waals surface area contributed by atoms with Crippen molar-refractivity contribution in [3.05, 3.63) is 11.7 Å². The van der Waals surface area contributed by atoms with Crippen molar-refractivity contribution in [3.63, 3.8) is 0 Å². The van der Waals surface area contributed by atoms with Crippen molar-refractivity contribution >= 4 is 0 Å². The first-order chi connectivity index (χ1) is 6.01. The maximum absolute atomic E-state index is 11.9. The van der Waals surface area contributed by atoms with Gasteiger partial charge in [0.05, 0.1) is 0 Å². The van der Waals surface area contributed by atoms with Crippen LogP contribution >= 0.6 is 0 Å². The van der Waals surface area contributed by atoms with Crippen molar-refractivity contribution in [2.45, 2.75) is 18.5 Å². The Hall–Kier alpha value is -0.890. The molecule has 0 nitrogen and oxygen atoms in total. The van der Waals surface area contributed by atoms with Crippen molar-refractivity contribution < 1.29 is 39.5 Å². The Morgan fingerprint density at radius 2 is 1.21 bits per heavy atom. The van der Waals surface area contributed by atoms with Crippen LogP contribution in [-0.4, -0.2) is 18.5 Å². The van der Waals surface area contributed by atoms with E-state index in [0.717, 1.165) is 0 Å². The second kappa shape index (κ2) is 3.70. The fraction of sp³-hybridized carbons (Fsp3) is 0.600. The number of hydrogen-bond acceptors (Lipinski definition) is 0. The normalized spacial score (nSPS) is 13.3. The minimum Gasteiger partial charge on any atom is -0.203 e. The first kappa shape index (κ1) is 13.1. The molecular weight excluding hydrogens is 231 g/mol. The molecule has 0 saturated heterocycles. The summed E-state index contributed by atoms with van der Waals surface area (Å²) in [5.74, 6) is -5.91. The van der Waals surface area contributed by atoms with Gasteiger partial charge in [-0.1, -0.05) is 0 Å². The first-order valence-corrected chi connectivity index (χ1v) is 2.80. The van der Waals surface area contributed by atoms with E-state index in [4.69, 9.17) is 0 Å². The highest BCUT2D eigenvalue weighted by Crippen LogP contribution is 2.43. The first-order valence-electron chi connectivity index (χ1n) is 2.80. The Balaban J connectivity index is 5.39. The molecule has 0 unspecified atom stereocenters. The van der Waals surface area contributed by atoms with Gasteiger partial charge in [0, 0.05) is 0 Å².